The molecule has 2 amide bonds. The fraction of sp³-hybridized carbons (Fsp3) is 0.250. The number of nitrogens with one attached hydrogen (secondary N) is 3. The van der Waals surface area contributed by atoms with E-state index in [2.05, 4.69) is 15.6 Å². The van der Waals surface area contributed by atoms with Crippen LogP contribution >= 0.6 is 11.3 Å². The van der Waals surface area contributed by atoms with Gasteiger partial charge in [0.15, 0.2) is 0 Å². The maximum atomic E-state index is 12.2. The summed E-state index contributed by atoms with van der Waals surface area (Å²) < 4.78 is 26.7. The van der Waals surface area contributed by atoms with Crippen molar-refractivity contribution in [3.05, 3.63) is 51.7 Å². The van der Waals surface area contributed by atoms with Gasteiger partial charge in [0.2, 0.25) is 15.9 Å². The first-order valence-corrected chi connectivity index (χ1v) is 9.85. The molecule has 134 valence electrons. The summed E-state index contributed by atoms with van der Waals surface area (Å²) in [5.41, 5.74) is 6.39. The number of carbonyl (C=O) groups is 2. The molecule has 0 atom stereocenters. The molecule has 0 unspecified atom stereocenters. The second-order valence-electron chi connectivity index (χ2n) is 5.37. The summed E-state index contributed by atoms with van der Waals surface area (Å²) in [5, 5.41) is 1.75. The normalized spacial score (nSPS) is 11.1. The van der Waals surface area contributed by atoms with E-state index in [0.717, 1.165) is 11.1 Å². The second kappa shape index (κ2) is 8.24. The Hall–Kier alpha value is -2.23. The van der Waals surface area contributed by atoms with Gasteiger partial charge in [-0.2, -0.15) is 0 Å². The van der Waals surface area contributed by atoms with Gasteiger partial charge in [-0.05, 0) is 48.6 Å². The van der Waals surface area contributed by atoms with Gasteiger partial charge in [-0.25, -0.2) is 13.1 Å². The van der Waals surface area contributed by atoms with Gasteiger partial charge in [-0.1, -0.05) is 12.1 Å². The lowest BCUT2D eigenvalue weighted by Gasteiger charge is -2.09. The van der Waals surface area contributed by atoms with E-state index in [1.54, 1.807) is 29.6 Å². The average molecular weight is 381 g/mol. The van der Waals surface area contributed by atoms with Gasteiger partial charge in [0.1, 0.15) is 0 Å². The van der Waals surface area contributed by atoms with Gasteiger partial charge in [-0.3, -0.25) is 20.4 Å². The van der Waals surface area contributed by atoms with E-state index in [4.69, 9.17) is 0 Å². The van der Waals surface area contributed by atoms with E-state index in [1.807, 2.05) is 13.8 Å². The highest BCUT2D eigenvalue weighted by Crippen LogP contribution is 2.14. The number of sulfonamides is 1. The second-order valence-corrected chi connectivity index (χ2v) is 8.09. The van der Waals surface area contributed by atoms with Gasteiger partial charge in [-0.15, -0.1) is 11.3 Å². The van der Waals surface area contributed by atoms with Gasteiger partial charge in [0.05, 0.1) is 9.77 Å². The van der Waals surface area contributed by atoms with Gasteiger partial charge < -0.3 is 0 Å². The first-order valence-electron chi connectivity index (χ1n) is 7.49. The highest BCUT2D eigenvalue weighted by Gasteiger charge is 2.15. The lowest BCUT2D eigenvalue weighted by Crippen LogP contribution is -2.42. The molecule has 0 spiro atoms. The van der Waals surface area contributed by atoms with Crippen LogP contribution in [0.1, 0.15) is 27.2 Å². The molecular formula is C16H19N3O4S2. The van der Waals surface area contributed by atoms with Crippen molar-refractivity contribution in [3.63, 3.8) is 0 Å². The van der Waals surface area contributed by atoms with Gasteiger partial charge >= 0.3 is 0 Å². The zero-order valence-electron chi connectivity index (χ0n) is 13.8. The Morgan fingerprint density at radius 2 is 1.84 bits per heavy atom. The van der Waals surface area contributed by atoms with Crippen LogP contribution in [0.3, 0.4) is 0 Å². The Morgan fingerprint density at radius 1 is 1.08 bits per heavy atom. The van der Waals surface area contributed by atoms with Crippen molar-refractivity contribution in [3.8, 4) is 0 Å². The highest BCUT2D eigenvalue weighted by atomic mass is 32.2. The first kappa shape index (κ1) is 19.1. The number of thiophene rings is 1. The van der Waals surface area contributed by atoms with Crippen LogP contribution in [0.15, 0.2) is 40.6 Å². The summed E-state index contributed by atoms with van der Waals surface area (Å²) in [7, 11) is -3.68. The van der Waals surface area contributed by atoms with Crippen molar-refractivity contribution in [1.82, 2.24) is 15.6 Å². The van der Waals surface area contributed by atoms with Crippen molar-refractivity contribution in [2.45, 2.75) is 25.2 Å². The molecular weight excluding hydrogens is 362 g/mol. The van der Waals surface area contributed by atoms with Crippen LogP contribution in [0.4, 0.5) is 0 Å². The quantitative estimate of drug-likeness (QED) is 0.660. The third kappa shape index (κ3) is 5.38. The maximum Gasteiger partial charge on any atom is 0.279 e. The Balaban J connectivity index is 1.80. The maximum absolute atomic E-state index is 12.2. The number of hydrogen-bond donors (Lipinski definition) is 3. The molecule has 0 aliphatic rings. The topological polar surface area (TPSA) is 104 Å². The molecule has 0 saturated heterocycles. The molecule has 1 aromatic heterocycles. The lowest BCUT2D eigenvalue weighted by atomic mass is 10.1. The predicted octanol–water partition coefficient (Wildman–Crippen LogP) is 1.49. The number of amides is 2. The fourth-order valence-electron chi connectivity index (χ4n) is 1.92. The van der Waals surface area contributed by atoms with Crippen LogP contribution in [-0.2, 0) is 14.8 Å². The summed E-state index contributed by atoms with van der Waals surface area (Å²) in [5.74, 6) is -0.910. The molecule has 9 heteroatoms. The molecule has 2 aromatic rings. The average Bonchev–Trinajstić information content (AvgIpc) is 3.09. The SMILES string of the molecule is Cc1ccc(S(=O)(=O)NCCC(=O)NNC(=O)c2cccs2)cc1C. The number of benzene rings is 1. The number of hydrogen-bond acceptors (Lipinski definition) is 5. The molecule has 0 bridgehead atoms. The Kier molecular flexibility index (Phi) is 6.29. The van der Waals surface area contributed by atoms with Crippen molar-refractivity contribution in [1.29, 1.82) is 0 Å². The fourth-order valence-corrected chi connectivity index (χ4v) is 3.66. The van der Waals surface area contributed by atoms with Crippen LogP contribution in [0.5, 0.6) is 0 Å². The third-order valence-corrected chi connectivity index (χ3v) is 5.82. The zero-order chi connectivity index (χ0) is 18.4. The predicted molar refractivity (Wildman–Crippen MR) is 95.6 cm³/mol. The summed E-state index contributed by atoms with van der Waals surface area (Å²) >= 11 is 1.25. The van der Waals surface area contributed by atoms with E-state index in [0.29, 0.717) is 4.88 Å². The van der Waals surface area contributed by atoms with Crippen molar-refractivity contribution in [2.75, 3.05) is 6.54 Å². The molecule has 2 rings (SSSR count). The Morgan fingerprint density at radius 3 is 2.48 bits per heavy atom. The van der Waals surface area contributed by atoms with Crippen molar-refractivity contribution >= 4 is 33.2 Å². The van der Waals surface area contributed by atoms with E-state index >= 15 is 0 Å². The zero-order valence-corrected chi connectivity index (χ0v) is 15.5. The first-order chi connectivity index (χ1) is 11.8. The smallest absolute Gasteiger partial charge is 0.273 e. The van der Waals surface area contributed by atoms with Crippen molar-refractivity contribution < 1.29 is 18.0 Å². The molecule has 25 heavy (non-hydrogen) atoms. The highest BCUT2D eigenvalue weighted by molar-refractivity contribution is 7.89. The minimum atomic E-state index is -3.68. The van der Waals surface area contributed by atoms with E-state index < -0.39 is 21.8 Å². The summed E-state index contributed by atoms with van der Waals surface area (Å²) in [6.45, 7) is 3.65. The Labute approximate surface area is 150 Å². The van der Waals surface area contributed by atoms with Crippen LogP contribution in [0.25, 0.3) is 0 Å². The van der Waals surface area contributed by atoms with E-state index in [1.165, 1.54) is 17.4 Å². The number of rotatable bonds is 6. The lowest BCUT2D eigenvalue weighted by molar-refractivity contribution is -0.121. The molecule has 0 fully saturated rings. The van der Waals surface area contributed by atoms with Crippen LogP contribution in [-0.4, -0.2) is 26.8 Å². The molecule has 0 saturated carbocycles. The summed E-state index contributed by atoms with van der Waals surface area (Å²) in [6.07, 6.45) is -0.102. The monoisotopic (exact) mass is 381 g/mol. The number of hydrazine groups is 1. The summed E-state index contributed by atoms with van der Waals surface area (Å²) in [4.78, 5) is 24.0. The van der Waals surface area contributed by atoms with Crippen LogP contribution in [0, 0.1) is 13.8 Å². The van der Waals surface area contributed by atoms with Crippen molar-refractivity contribution in [2.24, 2.45) is 0 Å². The standard InChI is InChI=1S/C16H19N3O4S2/c1-11-5-6-13(10-12(11)2)25(22,23)17-8-7-15(20)18-19-16(21)14-4-3-9-24-14/h3-6,9-10,17H,7-8H2,1-2H3,(H,18,20)(H,19,21). The molecule has 1 heterocycles. The molecule has 7 nitrogen and oxygen atoms in total. The van der Waals surface area contributed by atoms with E-state index in [-0.39, 0.29) is 17.9 Å². The molecule has 1 aromatic carbocycles. The van der Waals surface area contributed by atoms with Crippen LogP contribution < -0.4 is 15.6 Å². The minimum Gasteiger partial charge on any atom is -0.273 e. The largest absolute Gasteiger partial charge is 0.279 e. The molecule has 0 aliphatic heterocycles. The summed E-state index contributed by atoms with van der Waals surface area (Å²) in [6, 6.07) is 8.19. The Bertz CT molecular complexity index is 862. The molecule has 0 aliphatic carbocycles. The van der Waals surface area contributed by atoms with E-state index in [9.17, 15) is 18.0 Å². The third-order valence-electron chi connectivity index (χ3n) is 3.49. The molecule has 3 N–H and O–H groups in total. The van der Waals surface area contributed by atoms with Gasteiger partial charge in [0.25, 0.3) is 5.91 Å². The van der Waals surface area contributed by atoms with Crippen LogP contribution in [0.2, 0.25) is 0 Å². The molecule has 0 radical (unpaired) electrons. The van der Waals surface area contributed by atoms with Gasteiger partial charge in [0, 0.05) is 13.0 Å². The number of aryl methyl sites for hydroxylation is 2. The number of carbonyl (C=O) groups excluding carboxylic acids is 2. The minimum absolute atomic E-state index is 0.0734.